The van der Waals surface area contributed by atoms with Crippen molar-refractivity contribution in [2.75, 3.05) is 31.5 Å². The summed E-state index contributed by atoms with van der Waals surface area (Å²) in [6.07, 6.45) is 3.10. The minimum Gasteiger partial charge on any atom is -0.346 e. The van der Waals surface area contributed by atoms with Gasteiger partial charge in [-0.25, -0.2) is 0 Å². The molecule has 2 aromatic carbocycles. The van der Waals surface area contributed by atoms with Gasteiger partial charge in [-0.2, -0.15) is 0 Å². The zero-order valence-corrected chi connectivity index (χ0v) is 16.5. The van der Waals surface area contributed by atoms with Gasteiger partial charge in [-0.05, 0) is 48.6 Å². The second-order valence-electron chi connectivity index (χ2n) is 7.15. The summed E-state index contributed by atoms with van der Waals surface area (Å²) in [6, 6.07) is 16.1. The van der Waals surface area contributed by atoms with Crippen molar-refractivity contribution in [3.8, 4) is 0 Å². The van der Waals surface area contributed by atoms with Crippen molar-refractivity contribution in [2.45, 2.75) is 20.3 Å². The molecule has 0 fully saturated rings. The summed E-state index contributed by atoms with van der Waals surface area (Å²) in [5.74, 6) is -0.348. The Kier molecular flexibility index (Phi) is 6.61. The third kappa shape index (κ3) is 5.30. The molecule has 0 bridgehead atoms. The van der Waals surface area contributed by atoms with Crippen LogP contribution in [0.2, 0.25) is 0 Å². The highest BCUT2D eigenvalue weighted by Gasteiger charge is 2.16. The summed E-state index contributed by atoms with van der Waals surface area (Å²) >= 11 is 0. The topological polar surface area (TPSA) is 61.4 Å². The van der Waals surface area contributed by atoms with Crippen LogP contribution in [0.5, 0.6) is 0 Å². The SMILES string of the molecule is Cc1cccc(NC(=O)CNC(=O)CN2CC=C(c3ccccc3)CC2)c1C. The van der Waals surface area contributed by atoms with E-state index < -0.39 is 0 Å². The molecule has 1 aliphatic rings. The quantitative estimate of drug-likeness (QED) is 0.813. The van der Waals surface area contributed by atoms with Crippen molar-refractivity contribution in [1.82, 2.24) is 10.2 Å². The van der Waals surface area contributed by atoms with Gasteiger partial charge in [0.25, 0.3) is 0 Å². The fourth-order valence-corrected chi connectivity index (χ4v) is 3.29. The van der Waals surface area contributed by atoms with Gasteiger partial charge in [0.15, 0.2) is 0 Å². The molecule has 0 atom stereocenters. The number of carbonyl (C=O) groups excluding carboxylic acids is 2. The van der Waals surface area contributed by atoms with Crippen molar-refractivity contribution >= 4 is 23.1 Å². The first kappa shape index (κ1) is 19.8. The summed E-state index contributed by atoms with van der Waals surface area (Å²) in [5, 5.41) is 5.57. The third-order valence-corrected chi connectivity index (χ3v) is 5.13. The number of aryl methyl sites for hydroxylation is 1. The average molecular weight is 377 g/mol. The molecule has 0 aliphatic carbocycles. The second kappa shape index (κ2) is 9.33. The zero-order valence-electron chi connectivity index (χ0n) is 16.5. The van der Waals surface area contributed by atoms with Crippen LogP contribution in [0.4, 0.5) is 5.69 Å². The smallest absolute Gasteiger partial charge is 0.243 e. The molecule has 0 aromatic heterocycles. The number of nitrogens with zero attached hydrogens (tertiary/aromatic N) is 1. The molecule has 28 heavy (non-hydrogen) atoms. The van der Waals surface area contributed by atoms with E-state index in [-0.39, 0.29) is 18.4 Å². The molecule has 0 saturated carbocycles. The van der Waals surface area contributed by atoms with Crippen LogP contribution >= 0.6 is 0 Å². The molecule has 3 rings (SSSR count). The highest BCUT2D eigenvalue weighted by molar-refractivity contribution is 5.95. The molecule has 146 valence electrons. The van der Waals surface area contributed by atoms with Crippen LogP contribution in [-0.2, 0) is 9.59 Å². The Bertz CT molecular complexity index is 875. The molecule has 2 N–H and O–H groups in total. The normalized spacial score (nSPS) is 14.3. The Morgan fingerprint density at radius 2 is 1.79 bits per heavy atom. The van der Waals surface area contributed by atoms with Crippen molar-refractivity contribution in [1.29, 1.82) is 0 Å². The lowest BCUT2D eigenvalue weighted by atomic mass is 10.00. The zero-order chi connectivity index (χ0) is 19.9. The lowest BCUT2D eigenvalue weighted by Crippen LogP contribution is -2.41. The van der Waals surface area contributed by atoms with Crippen molar-refractivity contribution in [3.63, 3.8) is 0 Å². The number of hydrogen-bond donors (Lipinski definition) is 2. The molecule has 0 spiro atoms. The van der Waals surface area contributed by atoms with E-state index in [1.54, 1.807) is 0 Å². The second-order valence-corrected chi connectivity index (χ2v) is 7.15. The van der Waals surface area contributed by atoms with Gasteiger partial charge in [0.2, 0.25) is 11.8 Å². The maximum atomic E-state index is 12.2. The highest BCUT2D eigenvalue weighted by Crippen LogP contribution is 2.21. The van der Waals surface area contributed by atoms with Gasteiger partial charge in [-0.15, -0.1) is 0 Å². The monoisotopic (exact) mass is 377 g/mol. The van der Waals surface area contributed by atoms with Gasteiger partial charge in [0.1, 0.15) is 0 Å². The van der Waals surface area contributed by atoms with E-state index in [4.69, 9.17) is 0 Å². The van der Waals surface area contributed by atoms with E-state index in [0.29, 0.717) is 6.54 Å². The minimum atomic E-state index is -0.216. The van der Waals surface area contributed by atoms with E-state index >= 15 is 0 Å². The Labute approximate surface area is 166 Å². The Morgan fingerprint density at radius 3 is 2.50 bits per heavy atom. The van der Waals surface area contributed by atoms with Gasteiger partial charge in [-0.3, -0.25) is 14.5 Å². The maximum Gasteiger partial charge on any atom is 0.243 e. The number of carbonyl (C=O) groups is 2. The standard InChI is InChI=1S/C23H27N3O2/c1-17-7-6-10-21(18(17)2)25-22(27)15-24-23(28)16-26-13-11-20(12-14-26)19-8-4-3-5-9-19/h3-11H,12-16H2,1-2H3,(H,24,28)(H,25,27). The fraction of sp³-hybridized carbons (Fsp3) is 0.304. The molecule has 5 nitrogen and oxygen atoms in total. The lowest BCUT2D eigenvalue weighted by molar-refractivity contribution is -0.125. The van der Waals surface area contributed by atoms with Crippen molar-refractivity contribution < 1.29 is 9.59 Å². The molecular weight excluding hydrogens is 350 g/mol. The molecule has 0 unspecified atom stereocenters. The third-order valence-electron chi connectivity index (χ3n) is 5.13. The number of benzene rings is 2. The summed E-state index contributed by atoms with van der Waals surface area (Å²) in [4.78, 5) is 26.4. The molecule has 1 aliphatic heterocycles. The van der Waals surface area contributed by atoms with E-state index in [1.165, 1.54) is 11.1 Å². The minimum absolute atomic E-state index is 0.0227. The van der Waals surface area contributed by atoms with Crippen LogP contribution in [0.25, 0.3) is 5.57 Å². The van der Waals surface area contributed by atoms with E-state index in [1.807, 2.05) is 50.2 Å². The maximum absolute atomic E-state index is 12.2. The summed E-state index contributed by atoms with van der Waals surface area (Å²) in [7, 11) is 0. The van der Waals surface area contributed by atoms with Crippen LogP contribution in [0.15, 0.2) is 54.6 Å². The van der Waals surface area contributed by atoms with Crippen molar-refractivity contribution in [2.24, 2.45) is 0 Å². The van der Waals surface area contributed by atoms with E-state index in [9.17, 15) is 9.59 Å². The molecule has 2 aromatic rings. The lowest BCUT2D eigenvalue weighted by Gasteiger charge is -2.25. The molecule has 5 heteroatoms. The van der Waals surface area contributed by atoms with Crippen LogP contribution in [-0.4, -0.2) is 42.9 Å². The van der Waals surface area contributed by atoms with Crippen molar-refractivity contribution in [3.05, 3.63) is 71.3 Å². The fourth-order valence-electron chi connectivity index (χ4n) is 3.29. The van der Waals surface area contributed by atoms with Gasteiger partial charge >= 0.3 is 0 Å². The molecule has 0 radical (unpaired) electrons. The Morgan fingerprint density at radius 1 is 1.00 bits per heavy atom. The average Bonchev–Trinajstić information content (AvgIpc) is 2.71. The number of amides is 2. The summed E-state index contributed by atoms with van der Waals surface area (Å²) in [5.41, 5.74) is 5.51. The number of rotatable bonds is 6. The van der Waals surface area contributed by atoms with Gasteiger partial charge < -0.3 is 10.6 Å². The van der Waals surface area contributed by atoms with E-state index in [2.05, 4.69) is 33.7 Å². The molecule has 0 saturated heterocycles. The first-order valence-electron chi connectivity index (χ1n) is 9.62. The molecule has 2 amide bonds. The Hall–Kier alpha value is -2.92. The largest absolute Gasteiger partial charge is 0.346 e. The van der Waals surface area contributed by atoms with Crippen LogP contribution in [0, 0.1) is 13.8 Å². The van der Waals surface area contributed by atoms with Crippen LogP contribution in [0.1, 0.15) is 23.1 Å². The first-order chi connectivity index (χ1) is 13.5. The number of nitrogens with one attached hydrogen (secondary N) is 2. The van der Waals surface area contributed by atoms with Gasteiger partial charge in [0.05, 0.1) is 13.1 Å². The van der Waals surface area contributed by atoms with Gasteiger partial charge in [0, 0.05) is 18.8 Å². The predicted molar refractivity (Wildman–Crippen MR) is 113 cm³/mol. The molecular formula is C23H27N3O2. The first-order valence-corrected chi connectivity index (χ1v) is 9.62. The Balaban J connectivity index is 1.43. The van der Waals surface area contributed by atoms with Crippen LogP contribution in [0.3, 0.4) is 0 Å². The number of anilines is 1. The molecule has 1 heterocycles. The van der Waals surface area contributed by atoms with Crippen LogP contribution < -0.4 is 10.6 Å². The van der Waals surface area contributed by atoms with E-state index in [0.717, 1.165) is 36.3 Å². The van der Waals surface area contributed by atoms with Gasteiger partial charge in [-0.1, -0.05) is 48.5 Å². The number of hydrogen-bond acceptors (Lipinski definition) is 3. The highest BCUT2D eigenvalue weighted by atomic mass is 16.2. The summed E-state index contributed by atoms with van der Waals surface area (Å²) < 4.78 is 0. The predicted octanol–water partition coefficient (Wildman–Crippen LogP) is 3.15. The summed E-state index contributed by atoms with van der Waals surface area (Å²) in [6.45, 7) is 5.83.